The Morgan fingerprint density at radius 1 is 1.06 bits per heavy atom. The van der Waals surface area contributed by atoms with E-state index in [1.54, 1.807) is 6.92 Å². The van der Waals surface area contributed by atoms with Gasteiger partial charge in [-0.3, -0.25) is 14.6 Å². The molecule has 2 N–H and O–H groups in total. The molecule has 0 bridgehead atoms. The van der Waals surface area contributed by atoms with Crippen LogP contribution in [0.1, 0.15) is 17.0 Å². The Labute approximate surface area is 214 Å². The quantitative estimate of drug-likeness (QED) is 0.372. The lowest BCUT2D eigenvalue weighted by Crippen LogP contribution is -2.52. The molecular formula is C20H25F3N6O4S3. The minimum Gasteiger partial charge on any atom is -0.327 e. The third-order valence-corrected chi connectivity index (χ3v) is 8.55. The summed E-state index contributed by atoms with van der Waals surface area (Å²) in [7, 11) is -3.57. The Balaban J connectivity index is 1.73. The Morgan fingerprint density at radius 3 is 2.25 bits per heavy atom. The molecule has 1 aliphatic heterocycles. The van der Waals surface area contributed by atoms with Gasteiger partial charge < -0.3 is 5.73 Å². The molecule has 1 saturated heterocycles. The van der Waals surface area contributed by atoms with Gasteiger partial charge in [0.25, 0.3) is 5.91 Å². The number of carbonyl (C=O) groups is 2. The molecule has 0 unspecified atom stereocenters. The van der Waals surface area contributed by atoms with Crippen molar-refractivity contribution in [2.24, 2.45) is 5.73 Å². The van der Waals surface area contributed by atoms with E-state index in [0.717, 1.165) is 28.0 Å². The van der Waals surface area contributed by atoms with Crippen molar-refractivity contribution in [3.05, 3.63) is 40.2 Å². The third-order valence-electron chi connectivity index (χ3n) is 5.29. The van der Waals surface area contributed by atoms with Gasteiger partial charge in [0.1, 0.15) is 10.8 Å². The van der Waals surface area contributed by atoms with Crippen molar-refractivity contribution in [3.63, 3.8) is 0 Å². The standard InChI is InChI=1S/C20H25F3N6O4S3/c1-12-25-26-20(35-12)34-11-19(31)29-6-4-27(36(2,32)33)3-5-28(29)18(30)9-14(24)7-13-8-16(22)17(23)10-15(13)21/h8,10,14H,3-7,9,11,24H2,1-2H3/t14-/m1/s1. The topological polar surface area (TPSA) is 130 Å². The van der Waals surface area contributed by atoms with Crippen molar-refractivity contribution in [3.8, 4) is 0 Å². The summed E-state index contributed by atoms with van der Waals surface area (Å²) >= 11 is 2.45. The predicted octanol–water partition coefficient (Wildman–Crippen LogP) is 1.16. The van der Waals surface area contributed by atoms with E-state index in [1.165, 1.54) is 20.7 Å². The summed E-state index contributed by atoms with van der Waals surface area (Å²) < 4.78 is 66.6. The van der Waals surface area contributed by atoms with Crippen molar-refractivity contribution < 1.29 is 31.2 Å². The molecule has 1 fully saturated rings. The number of rotatable bonds is 8. The SMILES string of the molecule is Cc1nnc(SCC(=O)N2CCN(S(C)(=O)=O)CCN2C(=O)C[C@H](N)Cc2cc(F)c(F)cc2F)s1. The van der Waals surface area contributed by atoms with Crippen LogP contribution in [0.2, 0.25) is 0 Å². The van der Waals surface area contributed by atoms with E-state index < -0.39 is 45.3 Å². The number of benzene rings is 1. The molecule has 198 valence electrons. The number of hydrazine groups is 1. The zero-order valence-electron chi connectivity index (χ0n) is 19.5. The molecule has 0 spiro atoms. The van der Waals surface area contributed by atoms with Gasteiger partial charge in [-0.2, -0.15) is 4.31 Å². The lowest BCUT2D eigenvalue weighted by atomic mass is 10.0. The first kappa shape index (κ1) is 28.3. The molecule has 1 atom stereocenters. The molecule has 1 aromatic carbocycles. The number of carbonyl (C=O) groups excluding carboxylic acids is 2. The highest BCUT2D eigenvalue weighted by molar-refractivity contribution is 8.01. The average molecular weight is 567 g/mol. The van der Waals surface area contributed by atoms with Gasteiger partial charge in [-0.1, -0.05) is 23.1 Å². The van der Waals surface area contributed by atoms with Gasteiger partial charge >= 0.3 is 0 Å². The van der Waals surface area contributed by atoms with Crippen LogP contribution in [0.25, 0.3) is 0 Å². The highest BCUT2D eigenvalue weighted by Gasteiger charge is 2.33. The molecule has 36 heavy (non-hydrogen) atoms. The maximum Gasteiger partial charge on any atom is 0.251 e. The molecule has 2 aromatic rings. The monoisotopic (exact) mass is 566 g/mol. The second kappa shape index (κ2) is 11.9. The Hall–Kier alpha value is -2.27. The van der Waals surface area contributed by atoms with Crippen LogP contribution in [0.5, 0.6) is 0 Å². The van der Waals surface area contributed by atoms with Crippen molar-refractivity contribution in [1.82, 2.24) is 24.5 Å². The van der Waals surface area contributed by atoms with Crippen LogP contribution in [-0.4, -0.2) is 89.0 Å². The molecule has 0 radical (unpaired) electrons. The van der Waals surface area contributed by atoms with Crippen LogP contribution in [0.4, 0.5) is 13.2 Å². The Morgan fingerprint density at radius 2 is 1.67 bits per heavy atom. The summed E-state index contributed by atoms with van der Waals surface area (Å²) in [5.41, 5.74) is 5.82. The number of halogens is 3. The molecule has 2 amide bonds. The van der Waals surface area contributed by atoms with Crippen molar-refractivity contribution in [2.75, 3.05) is 38.2 Å². The summed E-state index contributed by atoms with van der Waals surface area (Å²) in [5, 5.41) is 10.9. The van der Waals surface area contributed by atoms with Gasteiger partial charge in [0.05, 0.1) is 25.1 Å². The van der Waals surface area contributed by atoms with Crippen molar-refractivity contribution in [2.45, 2.75) is 30.1 Å². The smallest absolute Gasteiger partial charge is 0.251 e. The van der Waals surface area contributed by atoms with Gasteiger partial charge in [0.2, 0.25) is 15.9 Å². The minimum atomic E-state index is -3.57. The highest BCUT2D eigenvalue weighted by Crippen LogP contribution is 2.23. The first-order valence-corrected chi connectivity index (χ1v) is 14.4. The van der Waals surface area contributed by atoms with Gasteiger partial charge in [0.15, 0.2) is 16.0 Å². The van der Waals surface area contributed by atoms with Gasteiger partial charge in [-0.15, -0.1) is 10.2 Å². The maximum atomic E-state index is 14.0. The number of thioether (sulfide) groups is 1. The van der Waals surface area contributed by atoms with Crippen LogP contribution < -0.4 is 5.73 Å². The number of amides is 2. The number of hydrogen-bond donors (Lipinski definition) is 1. The van der Waals surface area contributed by atoms with Crippen molar-refractivity contribution >= 4 is 44.9 Å². The second-order valence-electron chi connectivity index (χ2n) is 8.10. The average Bonchev–Trinajstić information content (AvgIpc) is 3.06. The summed E-state index contributed by atoms with van der Waals surface area (Å²) in [5.74, 6) is -4.67. The first-order chi connectivity index (χ1) is 16.8. The fourth-order valence-corrected chi connectivity index (χ4v) is 6.07. The number of aryl methyl sites for hydroxylation is 1. The molecule has 0 saturated carbocycles. The number of nitrogens with two attached hydrogens (primary N) is 1. The molecule has 1 aromatic heterocycles. The lowest BCUT2D eigenvalue weighted by molar-refractivity contribution is -0.161. The largest absolute Gasteiger partial charge is 0.327 e. The second-order valence-corrected chi connectivity index (χ2v) is 12.5. The van der Waals surface area contributed by atoms with E-state index >= 15 is 0 Å². The number of sulfonamides is 1. The number of aromatic nitrogens is 2. The van der Waals surface area contributed by atoms with Crippen LogP contribution in [-0.2, 0) is 26.0 Å². The fraction of sp³-hybridized carbons (Fsp3) is 0.500. The predicted molar refractivity (Wildman–Crippen MR) is 128 cm³/mol. The summed E-state index contributed by atoms with van der Waals surface area (Å²) in [6.45, 7) is 1.55. The van der Waals surface area contributed by atoms with Crippen LogP contribution in [0, 0.1) is 24.4 Å². The van der Waals surface area contributed by atoms with E-state index in [0.29, 0.717) is 16.5 Å². The van der Waals surface area contributed by atoms with Crippen LogP contribution >= 0.6 is 23.1 Å². The zero-order valence-corrected chi connectivity index (χ0v) is 21.9. The molecule has 10 nitrogen and oxygen atoms in total. The number of nitrogens with zero attached hydrogens (tertiary/aromatic N) is 5. The van der Waals surface area contributed by atoms with E-state index in [-0.39, 0.29) is 50.3 Å². The molecule has 3 rings (SSSR count). The lowest BCUT2D eigenvalue weighted by Gasteiger charge is -2.33. The normalized spacial score (nSPS) is 16.2. The molecule has 16 heteroatoms. The highest BCUT2D eigenvalue weighted by atomic mass is 32.2. The minimum absolute atomic E-state index is 0.0109. The molecule has 0 aliphatic carbocycles. The molecule has 1 aliphatic rings. The van der Waals surface area contributed by atoms with Gasteiger partial charge in [0, 0.05) is 31.6 Å². The number of hydrogen-bond acceptors (Lipinski definition) is 9. The zero-order chi connectivity index (χ0) is 26.6. The molecule has 2 heterocycles. The van der Waals surface area contributed by atoms with E-state index in [9.17, 15) is 31.2 Å². The van der Waals surface area contributed by atoms with E-state index in [2.05, 4.69) is 10.2 Å². The molecular weight excluding hydrogens is 541 g/mol. The van der Waals surface area contributed by atoms with Crippen molar-refractivity contribution in [1.29, 1.82) is 0 Å². The van der Waals surface area contributed by atoms with E-state index in [1.807, 2.05) is 0 Å². The van der Waals surface area contributed by atoms with Crippen LogP contribution in [0.15, 0.2) is 16.5 Å². The van der Waals surface area contributed by atoms with Crippen LogP contribution in [0.3, 0.4) is 0 Å². The van der Waals surface area contributed by atoms with Gasteiger partial charge in [-0.25, -0.2) is 26.6 Å². The summed E-state index contributed by atoms with van der Waals surface area (Å²) in [6.07, 6.45) is 0.443. The Kier molecular flexibility index (Phi) is 9.32. The first-order valence-electron chi connectivity index (χ1n) is 10.7. The Bertz CT molecular complexity index is 1230. The maximum absolute atomic E-state index is 14.0. The summed E-state index contributed by atoms with van der Waals surface area (Å²) in [4.78, 5) is 26.2. The fourth-order valence-electron chi connectivity index (χ4n) is 3.56. The third kappa shape index (κ3) is 7.38. The summed E-state index contributed by atoms with van der Waals surface area (Å²) in [6, 6.07) is 0.125. The van der Waals surface area contributed by atoms with E-state index in [4.69, 9.17) is 5.73 Å². The van der Waals surface area contributed by atoms with Gasteiger partial charge in [-0.05, 0) is 25.0 Å².